The van der Waals surface area contributed by atoms with E-state index in [2.05, 4.69) is 4.98 Å². The molecule has 1 aromatic rings. The number of nitrogens with zero attached hydrogens (tertiary/aromatic N) is 1. The fourth-order valence-electron chi connectivity index (χ4n) is 1.13. The van der Waals surface area contributed by atoms with Crippen molar-refractivity contribution in [2.45, 2.75) is 26.2 Å². The first-order chi connectivity index (χ1) is 6.36. The molecule has 4 heteroatoms. The lowest BCUT2D eigenvalue weighted by Gasteiger charge is -2.19. The predicted molar refractivity (Wildman–Crippen MR) is 52.7 cm³/mol. The molecule has 0 saturated heterocycles. The summed E-state index contributed by atoms with van der Waals surface area (Å²) >= 11 is 0. The summed E-state index contributed by atoms with van der Waals surface area (Å²) in [5.41, 5.74) is 5.31. The van der Waals surface area contributed by atoms with Gasteiger partial charge in [0.15, 0.2) is 12.1 Å². The topological polar surface area (TPSA) is 56.0 Å². The number of nitrogens with two attached hydrogens (primary N) is 1. The summed E-state index contributed by atoms with van der Waals surface area (Å²) in [5.74, 6) is -0.539. The maximum atomic E-state index is 13.5. The maximum absolute atomic E-state index is 13.5. The van der Waals surface area contributed by atoms with Crippen LogP contribution in [0.1, 0.15) is 37.0 Å². The molecule has 0 aliphatic carbocycles. The van der Waals surface area contributed by atoms with E-state index in [9.17, 15) is 9.18 Å². The molecule has 0 spiro atoms. The lowest BCUT2D eigenvalue weighted by atomic mass is 9.90. The third kappa shape index (κ3) is 1.89. The van der Waals surface area contributed by atoms with Gasteiger partial charge in [-0.25, -0.2) is 9.37 Å². The van der Waals surface area contributed by atoms with Gasteiger partial charge in [0.25, 0.3) is 0 Å². The number of hydrogen-bond acceptors (Lipinski definition) is 3. The first-order valence-corrected chi connectivity index (χ1v) is 4.28. The van der Waals surface area contributed by atoms with Crippen LogP contribution in [0.15, 0.2) is 6.07 Å². The number of aromatic nitrogens is 1. The van der Waals surface area contributed by atoms with Crippen molar-refractivity contribution in [3.05, 3.63) is 23.3 Å². The second-order valence-corrected chi connectivity index (χ2v) is 4.17. The molecule has 0 atom stereocenters. The Morgan fingerprint density at radius 2 is 2.07 bits per heavy atom. The molecule has 1 rings (SSSR count). The van der Waals surface area contributed by atoms with Gasteiger partial charge in [-0.2, -0.15) is 0 Å². The minimum atomic E-state index is -0.539. The summed E-state index contributed by atoms with van der Waals surface area (Å²) < 4.78 is 13.5. The molecule has 76 valence electrons. The molecule has 0 amide bonds. The molecular weight excluding hydrogens is 183 g/mol. The summed E-state index contributed by atoms with van der Waals surface area (Å²) in [7, 11) is 0. The van der Waals surface area contributed by atoms with Crippen LogP contribution in [0.5, 0.6) is 0 Å². The van der Waals surface area contributed by atoms with Gasteiger partial charge in [0.05, 0.1) is 11.4 Å². The molecule has 0 aliphatic heterocycles. The molecule has 1 heterocycles. The molecule has 0 aromatic carbocycles. The van der Waals surface area contributed by atoms with E-state index in [-0.39, 0.29) is 17.1 Å². The second kappa shape index (κ2) is 3.36. The van der Waals surface area contributed by atoms with E-state index >= 15 is 0 Å². The largest absolute Gasteiger partial charge is 0.396 e. The number of hydrogen-bond donors (Lipinski definition) is 1. The zero-order valence-corrected chi connectivity index (χ0v) is 8.47. The third-order valence-corrected chi connectivity index (χ3v) is 1.84. The molecule has 0 unspecified atom stereocenters. The first-order valence-electron chi connectivity index (χ1n) is 4.28. The summed E-state index contributed by atoms with van der Waals surface area (Å²) in [6, 6.07) is 1.23. The van der Waals surface area contributed by atoms with Gasteiger partial charge in [-0.05, 0) is 6.07 Å². The Bertz CT molecular complexity index is 369. The number of aldehydes is 1. The first kappa shape index (κ1) is 10.6. The van der Waals surface area contributed by atoms with Crippen LogP contribution in [-0.2, 0) is 5.41 Å². The number of pyridine rings is 1. The number of nitrogen functional groups attached to an aromatic ring is 1. The van der Waals surface area contributed by atoms with Gasteiger partial charge in [0, 0.05) is 5.41 Å². The number of rotatable bonds is 1. The number of halogens is 1. The minimum Gasteiger partial charge on any atom is -0.396 e. The zero-order valence-electron chi connectivity index (χ0n) is 8.47. The normalized spacial score (nSPS) is 11.4. The highest BCUT2D eigenvalue weighted by Gasteiger charge is 2.22. The van der Waals surface area contributed by atoms with E-state index in [0.717, 1.165) is 0 Å². The Morgan fingerprint density at radius 3 is 2.50 bits per heavy atom. The monoisotopic (exact) mass is 196 g/mol. The van der Waals surface area contributed by atoms with Crippen molar-refractivity contribution >= 4 is 12.0 Å². The molecule has 0 bridgehead atoms. The van der Waals surface area contributed by atoms with Crippen LogP contribution < -0.4 is 5.73 Å². The van der Waals surface area contributed by atoms with Crippen LogP contribution in [0.2, 0.25) is 0 Å². The number of carbonyl (C=O) groups is 1. The average molecular weight is 196 g/mol. The van der Waals surface area contributed by atoms with Crippen molar-refractivity contribution in [1.82, 2.24) is 4.98 Å². The Morgan fingerprint density at radius 1 is 1.50 bits per heavy atom. The van der Waals surface area contributed by atoms with E-state index in [1.807, 2.05) is 20.8 Å². The van der Waals surface area contributed by atoms with Crippen molar-refractivity contribution < 1.29 is 9.18 Å². The van der Waals surface area contributed by atoms with Gasteiger partial charge >= 0.3 is 0 Å². The van der Waals surface area contributed by atoms with E-state index < -0.39 is 11.2 Å². The molecule has 2 N–H and O–H groups in total. The van der Waals surface area contributed by atoms with E-state index in [1.165, 1.54) is 6.07 Å². The van der Waals surface area contributed by atoms with Crippen LogP contribution in [0, 0.1) is 5.82 Å². The summed E-state index contributed by atoms with van der Waals surface area (Å²) in [4.78, 5) is 14.4. The van der Waals surface area contributed by atoms with Gasteiger partial charge in [-0.15, -0.1) is 0 Å². The van der Waals surface area contributed by atoms with Crippen molar-refractivity contribution in [3.8, 4) is 0 Å². The Balaban J connectivity index is 3.42. The Kier molecular flexibility index (Phi) is 2.55. The molecule has 0 saturated carbocycles. The van der Waals surface area contributed by atoms with Gasteiger partial charge in [-0.3, -0.25) is 4.79 Å². The predicted octanol–water partition coefficient (Wildman–Crippen LogP) is 1.91. The molecule has 3 nitrogen and oxygen atoms in total. The van der Waals surface area contributed by atoms with Crippen LogP contribution in [0.4, 0.5) is 10.1 Å². The fourth-order valence-corrected chi connectivity index (χ4v) is 1.13. The molecule has 0 fully saturated rings. The summed E-state index contributed by atoms with van der Waals surface area (Å²) in [6.45, 7) is 5.44. The summed E-state index contributed by atoms with van der Waals surface area (Å²) in [6.07, 6.45) is 0.561. The quantitative estimate of drug-likeness (QED) is 0.698. The second-order valence-electron chi connectivity index (χ2n) is 4.17. The molecule has 0 radical (unpaired) electrons. The Labute approximate surface area is 82.1 Å². The van der Waals surface area contributed by atoms with Gasteiger partial charge in [0.2, 0.25) is 0 Å². The third-order valence-electron chi connectivity index (χ3n) is 1.84. The van der Waals surface area contributed by atoms with Crippen molar-refractivity contribution in [2.75, 3.05) is 5.73 Å². The standard InChI is InChI=1S/C10H13FN2O/c1-10(2,3)9-8(11)7(12)4-6(5-14)13-9/h4-5H,1-3H3,(H2,12,13). The Hall–Kier alpha value is -1.45. The van der Waals surface area contributed by atoms with E-state index in [0.29, 0.717) is 6.29 Å². The van der Waals surface area contributed by atoms with E-state index in [1.54, 1.807) is 0 Å². The van der Waals surface area contributed by atoms with Gasteiger partial charge < -0.3 is 5.73 Å². The maximum Gasteiger partial charge on any atom is 0.168 e. The van der Waals surface area contributed by atoms with Crippen LogP contribution in [0.25, 0.3) is 0 Å². The smallest absolute Gasteiger partial charge is 0.168 e. The minimum absolute atomic E-state index is 0.0352. The summed E-state index contributed by atoms with van der Waals surface area (Å²) in [5, 5.41) is 0. The highest BCUT2D eigenvalue weighted by molar-refractivity contribution is 5.74. The lowest BCUT2D eigenvalue weighted by Crippen LogP contribution is -2.18. The van der Waals surface area contributed by atoms with Crippen molar-refractivity contribution in [2.24, 2.45) is 0 Å². The van der Waals surface area contributed by atoms with Gasteiger partial charge in [-0.1, -0.05) is 20.8 Å². The van der Waals surface area contributed by atoms with E-state index in [4.69, 9.17) is 5.73 Å². The molecule has 14 heavy (non-hydrogen) atoms. The van der Waals surface area contributed by atoms with Crippen LogP contribution in [0.3, 0.4) is 0 Å². The fraction of sp³-hybridized carbons (Fsp3) is 0.400. The zero-order chi connectivity index (χ0) is 10.9. The highest BCUT2D eigenvalue weighted by Crippen LogP contribution is 2.26. The van der Waals surface area contributed by atoms with Crippen LogP contribution in [-0.4, -0.2) is 11.3 Å². The van der Waals surface area contributed by atoms with Gasteiger partial charge in [0.1, 0.15) is 5.69 Å². The SMILES string of the molecule is CC(C)(C)c1nc(C=O)cc(N)c1F. The van der Waals surface area contributed by atoms with Crippen molar-refractivity contribution in [3.63, 3.8) is 0 Å². The number of carbonyl (C=O) groups excluding carboxylic acids is 1. The molecule has 1 aromatic heterocycles. The highest BCUT2D eigenvalue weighted by atomic mass is 19.1. The molecule has 0 aliphatic rings. The lowest BCUT2D eigenvalue weighted by molar-refractivity contribution is 0.111. The van der Waals surface area contributed by atoms with Crippen LogP contribution >= 0.6 is 0 Å². The van der Waals surface area contributed by atoms with Crippen molar-refractivity contribution in [1.29, 1.82) is 0 Å². The number of anilines is 1. The average Bonchev–Trinajstić information content (AvgIpc) is 2.07. The molecular formula is C10H13FN2O.